The molecule has 7 heteroatoms. The summed E-state index contributed by atoms with van der Waals surface area (Å²) in [5.74, 6) is 1.80. The van der Waals surface area contributed by atoms with Gasteiger partial charge in [0.15, 0.2) is 0 Å². The standard InChI is InChI=1S/C28H29Cl2N3O2/c1-20-19-23(14-15-24(20)30)35-18-5-4-17-33-26-8-3-2-7-25(26)32-27(33)9-6-16-31-28(34)21-10-12-22(29)13-11-21/h2-3,7-8,10-15,19H,4-6,9,16-18H2,1H3,(H,31,34). The summed E-state index contributed by atoms with van der Waals surface area (Å²) < 4.78 is 8.19. The Bertz CT molecular complexity index is 1290. The van der Waals surface area contributed by atoms with Crippen molar-refractivity contribution in [3.05, 3.63) is 93.7 Å². The van der Waals surface area contributed by atoms with E-state index in [1.807, 2.05) is 43.3 Å². The summed E-state index contributed by atoms with van der Waals surface area (Å²) >= 11 is 12.0. The highest BCUT2D eigenvalue weighted by molar-refractivity contribution is 6.31. The molecular weight excluding hydrogens is 481 g/mol. The van der Waals surface area contributed by atoms with Crippen LogP contribution in [0.1, 0.15) is 41.0 Å². The van der Waals surface area contributed by atoms with Gasteiger partial charge in [0.1, 0.15) is 11.6 Å². The second-order valence-electron chi connectivity index (χ2n) is 8.50. The number of imidazole rings is 1. The Labute approximate surface area is 216 Å². The van der Waals surface area contributed by atoms with Gasteiger partial charge in [-0.15, -0.1) is 0 Å². The van der Waals surface area contributed by atoms with Crippen molar-refractivity contribution < 1.29 is 9.53 Å². The number of nitrogens with zero attached hydrogens (tertiary/aromatic N) is 2. The SMILES string of the molecule is Cc1cc(OCCCCn2c(CCCNC(=O)c3ccc(Cl)cc3)nc3ccccc32)ccc1Cl. The van der Waals surface area contributed by atoms with Gasteiger partial charge in [-0.05, 0) is 86.3 Å². The molecule has 0 bridgehead atoms. The van der Waals surface area contributed by atoms with Crippen molar-refractivity contribution in [2.24, 2.45) is 0 Å². The second-order valence-corrected chi connectivity index (χ2v) is 9.34. The van der Waals surface area contributed by atoms with Crippen LogP contribution in [0.4, 0.5) is 0 Å². The molecule has 0 saturated heterocycles. The van der Waals surface area contributed by atoms with E-state index in [-0.39, 0.29) is 5.91 Å². The van der Waals surface area contributed by atoms with Crippen molar-refractivity contribution in [3.63, 3.8) is 0 Å². The molecule has 182 valence electrons. The molecule has 0 spiro atoms. The Kier molecular flexibility index (Phi) is 8.67. The maximum Gasteiger partial charge on any atom is 0.251 e. The Morgan fingerprint density at radius 2 is 1.80 bits per heavy atom. The third kappa shape index (κ3) is 6.77. The highest BCUT2D eigenvalue weighted by atomic mass is 35.5. The topological polar surface area (TPSA) is 56.1 Å². The molecule has 0 fully saturated rings. The average molecular weight is 510 g/mol. The first-order chi connectivity index (χ1) is 17.0. The van der Waals surface area contributed by atoms with Crippen LogP contribution in [0.3, 0.4) is 0 Å². The van der Waals surface area contributed by atoms with E-state index < -0.39 is 0 Å². The summed E-state index contributed by atoms with van der Waals surface area (Å²) in [5, 5.41) is 4.35. The van der Waals surface area contributed by atoms with E-state index in [1.54, 1.807) is 24.3 Å². The van der Waals surface area contributed by atoms with Crippen LogP contribution in [-0.2, 0) is 13.0 Å². The lowest BCUT2D eigenvalue weighted by Crippen LogP contribution is -2.25. The molecule has 0 atom stereocenters. The van der Waals surface area contributed by atoms with Crippen LogP contribution in [0.5, 0.6) is 5.75 Å². The van der Waals surface area contributed by atoms with E-state index in [9.17, 15) is 4.79 Å². The Hall–Kier alpha value is -3.02. The molecule has 1 N–H and O–H groups in total. The number of para-hydroxylation sites is 2. The first kappa shape index (κ1) is 25.1. The first-order valence-electron chi connectivity index (χ1n) is 11.9. The summed E-state index contributed by atoms with van der Waals surface area (Å²) in [6.07, 6.45) is 3.51. The van der Waals surface area contributed by atoms with E-state index >= 15 is 0 Å². The highest BCUT2D eigenvalue weighted by Crippen LogP contribution is 2.22. The van der Waals surface area contributed by atoms with Crippen molar-refractivity contribution in [2.45, 2.75) is 39.2 Å². The molecule has 0 aliphatic carbocycles. The van der Waals surface area contributed by atoms with Gasteiger partial charge in [0, 0.05) is 35.1 Å². The third-order valence-electron chi connectivity index (χ3n) is 5.88. The lowest BCUT2D eigenvalue weighted by molar-refractivity contribution is 0.0953. The monoisotopic (exact) mass is 509 g/mol. The second kappa shape index (κ2) is 12.1. The largest absolute Gasteiger partial charge is 0.494 e. The number of unbranched alkanes of at least 4 members (excludes halogenated alkanes) is 1. The van der Waals surface area contributed by atoms with Crippen molar-refractivity contribution in [2.75, 3.05) is 13.2 Å². The third-order valence-corrected chi connectivity index (χ3v) is 6.55. The zero-order valence-corrected chi connectivity index (χ0v) is 21.3. The number of aryl methyl sites for hydroxylation is 3. The quantitative estimate of drug-likeness (QED) is 0.224. The molecule has 1 amide bonds. The fourth-order valence-electron chi connectivity index (χ4n) is 3.99. The zero-order chi connectivity index (χ0) is 24.6. The summed E-state index contributed by atoms with van der Waals surface area (Å²) in [7, 11) is 0. The molecule has 0 aliphatic heterocycles. The van der Waals surface area contributed by atoms with Crippen LogP contribution in [-0.4, -0.2) is 28.6 Å². The van der Waals surface area contributed by atoms with Crippen LogP contribution >= 0.6 is 23.2 Å². The molecule has 0 unspecified atom stereocenters. The number of carbonyl (C=O) groups excluding carboxylic acids is 1. The molecule has 4 aromatic rings. The van der Waals surface area contributed by atoms with E-state index in [1.165, 1.54) is 0 Å². The predicted octanol–water partition coefficient (Wildman–Crippen LogP) is 6.87. The van der Waals surface area contributed by atoms with Gasteiger partial charge in [0.05, 0.1) is 17.6 Å². The smallest absolute Gasteiger partial charge is 0.251 e. The number of nitrogens with one attached hydrogen (secondary N) is 1. The van der Waals surface area contributed by atoms with Gasteiger partial charge in [0.2, 0.25) is 0 Å². The molecule has 35 heavy (non-hydrogen) atoms. The van der Waals surface area contributed by atoms with Crippen LogP contribution in [0, 0.1) is 6.92 Å². The van der Waals surface area contributed by atoms with Gasteiger partial charge < -0.3 is 14.6 Å². The fraction of sp³-hybridized carbons (Fsp3) is 0.286. The normalized spacial score (nSPS) is 11.1. The number of amides is 1. The number of aromatic nitrogens is 2. The molecule has 0 saturated carbocycles. The van der Waals surface area contributed by atoms with Gasteiger partial charge in [-0.25, -0.2) is 4.98 Å². The Morgan fingerprint density at radius 3 is 2.60 bits per heavy atom. The van der Waals surface area contributed by atoms with Crippen LogP contribution < -0.4 is 10.1 Å². The molecule has 1 heterocycles. The van der Waals surface area contributed by atoms with E-state index in [0.717, 1.165) is 65.4 Å². The fourth-order valence-corrected chi connectivity index (χ4v) is 4.23. The number of fused-ring (bicyclic) bond motifs is 1. The van der Waals surface area contributed by atoms with E-state index in [4.69, 9.17) is 32.9 Å². The van der Waals surface area contributed by atoms with Crippen LogP contribution in [0.25, 0.3) is 11.0 Å². The van der Waals surface area contributed by atoms with Crippen LogP contribution in [0.2, 0.25) is 10.0 Å². The first-order valence-corrected chi connectivity index (χ1v) is 12.6. The minimum absolute atomic E-state index is 0.0916. The number of rotatable bonds is 11. The summed E-state index contributed by atoms with van der Waals surface area (Å²) in [5.41, 5.74) is 3.77. The van der Waals surface area contributed by atoms with Gasteiger partial charge in [-0.1, -0.05) is 35.3 Å². The Balaban J connectivity index is 1.28. The van der Waals surface area contributed by atoms with Gasteiger partial charge in [-0.2, -0.15) is 0 Å². The number of benzene rings is 3. The molecule has 3 aromatic carbocycles. The molecular formula is C28H29Cl2N3O2. The van der Waals surface area contributed by atoms with E-state index in [2.05, 4.69) is 16.0 Å². The molecule has 0 radical (unpaired) electrons. The summed E-state index contributed by atoms with van der Waals surface area (Å²) in [4.78, 5) is 17.2. The lowest BCUT2D eigenvalue weighted by Gasteiger charge is -2.11. The molecule has 4 rings (SSSR count). The maximum atomic E-state index is 12.3. The van der Waals surface area contributed by atoms with Crippen LogP contribution in [0.15, 0.2) is 66.7 Å². The van der Waals surface area contributed by atoms with Gasteiger partial charge in [-0.3, -0.25) is 4.79 Å². The van der Waals surface area contributed by atoms with Crippen molar-refractivity contribution in [3.8, 4) is 5.75 Å². The van der Waals surface area contributed by atoms with Gasteiger partial charge >= 0.3 is 0 Å². The lowest BCUT2D eigenvalue weighted by atomic mass is 10.2. The minimum Gasteiger partial charge on any atom is -0.494 e. The molecule has 0 aliphatic rings. The Morgan fingerprint density at radius 1 is 1.00 bits per heavy atom. The van der Waals surface area contributed by atoms with Crippen molar-refractivity contribution in [1.82, 2.24) is 14.9 Å². The van der Waals surface area contributed by atoms with Crippen molar-refractivity contribution in [1.29, 1.82) is 0 Å². The minimum atomic E-state index is -0.0916. The highest BCUT2D eigenvalue weighted by Gasteiger charge is 2.11. The number of hydrogen-bond acceptors (Lipinski definition) is 3. The summed E-state index contributed by atoms with van der Waals surface area (Å²) in [6, 6.07) is 20.9. The van der Waals surface area contributed by atoms with Crippen molar-refractivity contribution >= 4 is 40.1 Å². The van der Waals surface area contributed by atoms with Gasteiger partial charge in [0.25, 0.3) is 5.91 Å². The zero-order valence-electron chi connectivity index (χ0n) is 19.8. The molecule has 1 aromatic heterocycles. The average Bonchev–Trinajstić information content (AvgIpc) is 3.21. The predicted molar refractivity (Wildman–Crippen MR) is 143 cm³/mol. The number of hydrogen-bond donors (Lipinski definition) is 1. The number of ether oxygens (including phenoxy) is 1. The summed E-state index contributed by atoms with van der Waals surface area (Å²) in [6.45, 7) is 4.08. The number of halogens is 2. The number of carbonyl (C=O) groups is 1. The maximum absolute atomic E-state index is 12.3. The molecule has 5 nitrogen and oxygen atoms in total. The van der Waals surface area contributed by atoms with E-state index in [0.29, 0.717) is 23.7 Å².